The third-order valence-corrected chi connectivity index (χ3v) is 3.43. The van der Waals surface area contributed by atoms with Gasteiger partial charge in [0.15, 0.2) is 0 Å². The number of hydrogen-bond acceptors (Lipinski definition) is 4. The minimum atomic E-state index is 0.840. The number of nitrogens with zero attached hydrogens (tertiary/aromatic N) is 3. The largest absolute Gasteiger partial charge is 0.343 e. The van der Waals surface area contributed by atoms with Crippen LogP contribution < -0.4 is 0 Å². The van der Waals surface area contributed by atoms with E-state index < -0.39 is 0 Å². The molecule has 1 fully saturated rings. The second-order valence-corrected chi connectivity index (χ2v) is 4.84. The molecule has 1 aromatic heterocycles. The van der Waals surface area contributed by atoms with Crippen LogP contribution in [0.25, 0.3) is 0 Å². The van der Waals surface area contributed by atoms with Crippen LogP contribution in [0.4, 0.5) is 0 Å². The van der Waals surface area contributed by atoms with Crippen LogP contribution in [0.2, 0.25) is 0 Å². The Morgan fingerprint density at radius 2 is 2.20 bits per heavy atom. The first-order chi connectivity index (χ1) is 7.28. The number of piperazine rings is 1. The van der Waals surface area contributed by atoms with E-state index in [0.717, 1.165) is 49.8 Å². The molecule has 0 spiro atoms. The summed E-state index contributed by atoms with van der Waals surface area (Å²) in [5.74, 6) is 0. The molecule has 0 aromatic carbocycles. The fraction of sp³-hybridized carbons (Fsp3) is 0.600. The molecule has 0 radical (unpaired) electrons. The van der Waals surface area contributed by atoms with Crippen molar-refractivity contribution in [1.29, 1.82) is 0 Å². The van der Waals surface area contributed by atoms with Crippen molar-refractivity contribution in [2.45, 2.75) is 13.5 Å². The maximum atomic E-state index is 10.5. The predicted molar refractivity (Wildman–Crippen MR) is 59.8 cm³/mol. The maximum absolute atomic E-state index is 10.5. The van der Waals surface area contributed by atoms with Gasteiger partial charge in [0, 0.05) is 38.1 Å². The lowest BCUT2D eigenvalue weighted by Gasteiger charge is -2.31. The summed E-state index contributed by atoms with van der Waals surface area (Å²) in [6, 6.07) is 0. The van der Waals surface area contributed by atoms with E-state index in [9.17, 15) is 4.79 Å². The first kappa shape index (κ1) is 10.6. The highest BCUT2D eigenvalue weighted by Gasteiger charge is 2.15. The molecule has 1 aliphatic heterocycles. The molecule has 2 heterocycles. The number of carbonyl (C=O) groups excluding carboxylic acids is 1. The lowest BCUT2D eigenvalue weighted by molar-refractivity contribution is -0.119. The van der Waals surface area contributed by atoms with Crippen LogP contribution in [0.1, 0.15) is 10.7 Å². The van der Waals surface area contributed by atoms with Gasteiger partial charge in [-0.3, -0.25) is 9.69 Å². The molecule has 0 aliphatic carbocycles. The van der Waals surface area contributed by atoms with Crippen molar-refractivity contribution in [2.24, 2.45) is 0 Å². The summed E-state index contributed by atoms with van der Waals surface area (Å²) in [5, 5.41) is 3.23. The molecule has 15 heavy (non-hydrogen) atoms. The summed E-state index contributed by atoms with van der Waals surface area (Å²) in [5.41, 5.74) is 1.15. The molecular weight excluding hydrogens is 210 g/mol. The zero-order valence-electron chi connectivity index (χ0n) is 8.85. The SMILES string of the molecule is Cc1nc(CN2CCN(C=O)CC2)cs1. The second-order valence-electron chi connectivity index (χ2n) is 3.78. The zero-order valence-corrected chi connectivity index (χ0v) is 9.66. The van der Waals surface area contributed by atoms with Gasteiger partial charge in [-0.25, -0.2) is 4.98 Å². The highest BCUT2D eigenvalue weighted by Crippen LogP contribution is 2.11. The third kappa shape index (κ3) is 2.76. The van der Waals surface area contributed by atoms with Gasteiger partial charge in [-0.2, -0.15) is 0 Å². The summed E-state index contributed by atoms with van der Waals surface area (Å²) in [7, 11) is 0. The smallest absolute Gasteiger partial charge is 0.209 e. The van der Waals surface area contributed by atoms with Crippen LogP contribution >= 0.6 is 11.3 Å². The van der Waals surface area contributed by atoms with Crippen molar-refractivity contribution in [3.8, 4) is 0 Å². The topological polar surface area (TPSA) is 36.4 Å². The second kappa shape index (κ2) is 4.72. The van der Waals surface area contributed by atoms with Gasteiger partial charge < -0.3 is 4.90 Å². The Morgan fingerprint density at radius 3 is 2.73 bits per heavy atom. The van der Waals surface area contributed by atoms with Crippen molar-refractivity contribution in [3.63, 3.8) is 0 Å². The Hall–Kier alpha value is -0.940. The number of thiazole rings is 1. The molecule has 82 valence electrons. The number of rotatable bonds is 3. The van der Waals surface area contributed by atoms with E-state index in [2.05, 4.69) is 15.3 Å². The molecular formula is C10H15N3OS. The van der Waals surface area contributed by atoms with Gasteiger partial charge in [0.25, 0.3) is 0 Å². The molecule has 1 saturated heterocycles. The zero-order chi connectivity index (χ0) is 10.7. The van der Waals surface area contributed by atoms with Gasteiger partial charge in [0.05, 0.1) is 10.7 Å². The van der Waals surface area contributed by atoms with Crippen molar-refractivity contribution in [2.75, 3.05) is 26.2 Å². The van der Waals surface area contributed by atoms with Crippen LogP contribution in [0, 0.1) is 6.92 Å². The maximum Gasteiger partial charge on any atom is 0.209 e. The summed E-state index contributed by atoms with van der Waals surface area (Å²) < 4.78 is 0. The molecule has 1 amide bonds. The van der Waals surface area contributed by atoms with Crippen LogP contribution in [-0.4, -0.2) is 47.4 Å². The molecule has 4 nitrogen and oxygen atoms in total. The van der Waals surface area contributed by atoms with E-state index in [0.29, 0.717) is 0 Å². The number of aryl methyl sites for hydroxylation is 1. The lowest BCUT2D eigenvalue weighted by Crippen LogP contribution is -2.45. The molecule has 0 unspecified atom stereocenters. The van der Waals surface area contributed by atoms with Crippen LogP contribution in [-0.2, 0) is 11.3 Å². The van der Waals surface area contributed by atoms with E-state index >= 15 is 0 Å². The van der Waals surface area contributed by atoms with E-state index in [1.807, 2.05) is 11.8 Å². The average Bonchev–Trinajstić information content (AvgIpc) is 2.65. The Bertz CT molecular complexity index is 331. The van der Waals surface area contributed by atoms with Gasteiger partial charge in [-0.05, 0) is 6.92 Å². The predicted octanol–water partition coefficient (Wildman–Crippen LogP) is 0.726. The molecule has 0 atom stereocenters. The van der Waals surface area contributed by atoms with Crippen LogP contribution in [0.15, 0.2) is 5.38 Å². The minimum absolute atomic E-state index is 0.840. The van der Waals surface area contributed by atoms with E-state index in [4.69, 9.17) is 0 Å². The quantitative estimate of drug-likeness (QED) is 0.711. The highest BCUT2D eigenvalue weighted by molar-refractivity contribution is 7.09. The Morgan fingerprint density at radius 1 is 1.47 bits per heavy atom. The highest BCUT2D eigenvalue weighted by atomic mass is 32.1. The van der Waals surface area contributed by atoms with Crippen molar-refractivity contribution in [1.82, 2.24) is 14.8 Å². The average molecular weight is 225 g/mol. The lowest BCUT2D eigenvalue weighted by atomic mass is 10.3. The van der Waals surface area contributed by atoms with Gasteiger partial charge in [0.1, 0.15) is 0 Å². The summed E-state index contributed by atoms with van der Waals surface area (Å²) in [6.45, 7) is 6.53. The van der Waals surface area contributed by atoms with Crippen molar-refractivity contribution < 1.29 is 4.79 Å². The Kier molecular flexibility index (Phi) is 3.33. The fourth-order valence-corrected chi connectivity index (χ4v) is 2.34. The summed E-state index contributed by atoms with van der Waals surface area (Å²) in [6.07, 6.45) is 0.935. The van der Waals surface area contributed by atoms with Gasteiger partial charge in [-0.1, -0.05) is 0 Å². The van der Waals surface area contributed by atoms with Crippen molar-refractivity contribution >= 4 is 17.7 Å². The Balaban J connectivity index is 1.84. The molecule has 1 aromatic rings. The van der Waals surface area contributed by atoms with Gasteiger partial charge in [0.2, 0.25) is 6.41 Å². The van der Waals surface area contributed by atoms with Crippen molar-refractivity contribution in [3.05, 3.63) is 16.1 Å². The first-order valence-electron chi connectivity index (χ1n) is 5.10. The summed E-state index contributed by atoms with van der Waals surface area (Å²) >= 11 is 1.69. The molecule has 0 bridgehead atoms. The van der Waals surface area contributed by atoms with E-state index in [-0.39, 0.29) is 0 Å². The first-order valence-corrected chi connectivity index (χ1v) is 5.98. The fourth-order valence-electron chi connectivity index (χ4n) is 1.74. The number of aromatic nitrogens is 1. The summed E-state index contributed by atoms with van der Waals surface area (Å²) in [4.78, 5) is 19.1. The van der Waals surface area contributed by atoms with Crippen LogP contribution in [0.5, 0.6) is 0 Å². The molecule has 5 heteroatoms. The van der Waals surface area contributed by atoms with Gasteiger partial charge in [-0.15, -0.1) is 11.3 Å². The van der Waals surface area contributed by atoms with Gasteiger partial charge >= 0.3 is 0 Å². The Labute approximate surface area is 93.5 Å². The number of carbonyl (C=O) groups is 1. The molecule has 2 rings (SSSR count). The third-order valence-electron chi connectivity index (χ3n) is 2.61. The standard InChI is InChI=1S/C10H15N3OS/c1-9-11-10(7-15-9)6-12-2-4-13(8-14)5-3-12/h7-8H,2-6H2,1H3. The van der Waals surface area contributed by atoms with E-state index in [1.54, 1.807) is 11.3 Å². The number of hydrogen-bond donors (Lipinski definition) is 0. The molecule has 0 N–H and O–H groups in total. The molecule has 0 saturated carbocycles. The minimum Gasteiger partial charge on any atom is -0.343 e. The number of amides is 1. The molecule has 1 aliphatic rings. The monoisotopic (exact) mass is 225 g/mol. The normalized spacial score (nSPS) is 18.1. The van der Waals surface area contributed by atoms with E-state index in [1.165, 1.54) is 0 Å². The van der Waals surface area contributed by atoms with Crippen LogP contribution in [0.3, 0.4) is 0 Å².